The zero-order valence-electron chi connectivity index (χ0n) is 11.1. The molecule has 3 rings (SSSR count). The number of carboxylic acid groups (broad SMARTS) is 1. The van der Waals surface area contributed by atoms with Crippen molar-refractivity contribution in [2.75, 3.05) is 13.1 Å². The number of carbonyl (C=O) groups excluding carboxylic acids is 1. The van der Waals surface area contributed by atoms with Crippen molar-refractivity contribution < 1.29 is 14.7 Å². The Bertz CT molecular complexity index is 679. The first kappa shape index (κ1) is 12.7. The van der Waals surface area contributed by atoms with E-state index >= 15 is 0 Å². The Morgan fingerprint density at radius 1 is 1.35 bits per heavy atom. The molecule has 1 aliphatic rings. The van der Waals surface area contributed by atoms with E-state index in [0.717, 1.165) is 5.52 Å². The quantitative estimate of drug-likeness (QED) is 0.890. The van der Waals surface area contributed by atoms with E-state index < -0.39 is 11.9 Å². The average molecular weight is 273 g/mol. The molecule has 0 aliphatic carbocycles. The first-order valence-corrected chi connectivity index (χ1v) is 6.52. The SMILES string of the molecule is C[C@@H]1CN(C(=O)c2cnn3ccccc23)C[C@H]1C(=O)O. The highest BCUT2D eigenvalue weighted by Gasteiger charge is 2.37. The van der Waals surface area contributed by atoms with E-state index in [2.05, 4.69) is 5.10 Å². The smallest absolute Gasteiger partial charge is 0.308 e. The predicted molar refractivity (Wildman–Crippen MR) is 71.4 cm³/mol. The third-order valence-corrected chi connectivity index (χ3v) is 3.87. The van der Waals surface area contributed by atoms with Gasteiger partial charge in [0.1, 0.15) is 0 Å². The second-order valence-corrected chi connectivity index (χ2v) is 5.22. The van der Waals surface area contributed by atoms with Crippen LogP contribution >= 0.6 is 0 Å². The van der Waals surface area contributed by atoms with Gasteiger partial charge in [-0.15, -0.1) is 0 Å². The topological polar surface area (TPSA) is 74.9 Å². The number of aliphatic carboxylic acids is 1. The van der Waals surface area contributed by atoms with Gasteiger partial charge in [-0.3, -0.25) is 9.59 Å². The number of amides is 1. The zero-order valence-corrected chi connectivity index (χ0v) is 11.1. The van der Waals surface area contributed by atoms with Crippen molar-refractivity contribution in [2.45, 2.75) is 6.92 Å². The average Bonchev–Trinajstić information content (AvgIpc) is 3.01. The summed E-state index contributed by atoms with van der Waals surface area (Å²) in [5.74, 6) is -1.51. The van der Waals surface area contributed by atoms with Crippen LogP contribution in [-0.2, 0) is 4.79 Å². The molecule has 0 spiro atoms. The van der Waals surface area contributed by atoms with Gasteiger partial charge < -0.3 is 10.0 Å². The standard InChI is InChI=1S/C14H15N3O3/c1-9-7-16(8-11(9)14(19)20)13(18)10-6-15-17-5-3-2-4-12(10)17/h2-6,9,11H,7-8H2,1H3,(H,19,20)/t9-,11-/m1/s1. The van der Waals surface area contributed by atoms with E-state index in [1.165, 1.54) is 6.20 Å². The van der Waals surface area contributed by atoms with Crippen LogP contribution in [0.2, 0.25) is 0 Å². The third kappa shape index (κ3) is 1.93. The van der Waals surface area contributed by atoms with Gasteiger partial charge in [0.2, 0.25) is 0 Å². The molecular weight excluding hydrogens is 258 g/mol. The van der Waals surface area contributed by atoms with E-state index in [-0.39, 0.29) is 18.4 Å². The fraction of sp³-hybridized carbons (Fsp3) is 0.357. The summed E-state index contributed by atoms with van der Waals surface area (Å²) in [6.07, 6.45) is 3.31. The molecule has 0 saturated carbocycles. The molecule has 0 unspecified atom stereocenters. The van der Waals surface area contributed by atoms with Gasteiger partial charge in [-0.1, -0.05) is 13.0 Å². The van der Waals surface area contributed by atoms with E-state index in [1.807, 2.05) is 25.1 Å². The lowest BCUT2D eigenvalue weighted by Crippen LogP contribution is -2.29. The molecule has 104 valence electrons. The summed E-state index contributed by atoms with van der Waals surface area (Å²) in [6.45, 7) is 2.60. The molecule has 6 nitrogen and oxygen atoms in total. The minimum absolute atomic E-state index is 0.0294. The van der Waals surface area contributed by atoms with Crippen LogP contribution in [-0.4, -0.2) is 44.6 Å². The fourth-order valence-corrected chi connectivity index (χ4v) is 2.72. The number of fused-ring (bicyclic) bond motifs is 1. The summed E-state index contributed by atoms with van der Waals surface area (Å²) in [4.78, 5) is 25.2. The van der Waals surface area contributed by atoms with Crippen molar-refractivity contribution in [1.29, 1.82) is 0 Å². The molecule has 2 atom stereocenters. The molecule has 0 radical (unpaired) electrons. The number of nitrogens with zero attached hydrogens (tertiary/aromatic N) is 3. The monoisotopic (exact) mass is 273 g/mol. The van der Waals surface area contributed by atoms with E-state index in [4.69, 9.17) is 5.11 Å². The van der Waals surface area contributed by atoms with Gasteiger partial charge in [-0.05, 0) is 18.1 Å². The second-order valence-electron chi connectivity index (χ2n) is 5.22. The van der Waals surface area contributed by atoms with Crippen molar-refractivity contribution in [3.8, 4) is 0 Å². The number of rotatable bonds is 2. The van der Waals surface area contributed by atoms with Crippen molar-refractivity contribution in [3.63, 3.8) is 0 Å². The number of carbonyl (C=O) groups is 2. The predicted octanol–water partition coefficient (Wildman–Crippen LogP) is 1.13. The Morgan fingerprint density at radius 3 is 2.85 bits per heavy atom. The Kier molecular flexibility index (Phi) is 2.93. The van der Waals surface area contributed by atoms with Gasteiger partial charge >= 0.3 is 5.97 Å². The van der Waals surface area contributed by atoms with Crippen molar-refractivity contribution in [3.05, 3.63) is 36.2 Å². The highest BCUT2D eigenvalue weighted by Crippen LogP contribution is 2.25. The third-order valence-electron chi connectivity index (χ3n) is 3.87. The molecule has 3 heterocycles. The highest BCUT2D eigenvalue weighted by atomic mass is 16.4. The zero-order chi connectivity index (χ0) is 14.3. The summed E-state index contributed by atoms with van der Waals surface area (Å²) in [6, 6.07) is 5.52. The maximum Gasteiger partial charge on any atom is 0.308 e. The van der Waals surface area contributed by atoms with Crippen LogP contribution in [0.3, 0.4) is 0 Å². The lowest BCUT2D eigenvalue weighted by atomic mass is 9.99. The summed E-state index contributed by atoms with van der Waals surface area (Å²) in [5.41, 5.74) is 1.26. The maximum atomic E-state index is 12.5. The molecule has 1 amide bonds. The molecule has 1 aliphatic heterocycles. The molecule has 0 bridgehead atoms. The Balaban J connectivity index is 1.89. The maximum absolute atomic E-state index is 12.5. The molecule has 1 N–H and O–H groups in total. The van der Waals surface area contributed by atoms with Crippen LogP contribution in [0, 0.1) is 11.8 Å². The fourth-order valence-electron chi connectivity index (χ4n) is 2.72. The minimum Gasteiger partial charge on any atom is -0.481 e. The van der Waals surface area contributed by atoms with E-state index in [0.29, 0.717) is 12.1 Å². The molecule has 0 aromatic carbocycles. The van der Waals surface area contributed by atoms with Gasteiger partial charge in [0.15, 0.2) is 0 Å². The molecular formula is C14H15N3O3. The summed E-state index contributed by atoms with van der Waals surface area (Å²) >= 11 is 0. The molecule has 6 heteroatoms. The number of hydrogen-bond donors (Lipinski definition) is 1. The number of likely N-dealkylation sites (tertiary alicyclic amines) is 1. The van der Waals surface area contributed by atoms with Crippen LogP contribution in [0.25, 0.3) is 5.52 Å². The number of hydrogen-bond acceptors (Lipinski definition) is 3. The lowest BCUT2D eigenvalue weighted by Gasteiger charge is -2.14. The van der Waals surface area contributed by atoms with Gasteiger partial charge in [0.05, 0.1) is 23.2 Å². The van der Waals surface area contributed by atoms with Crippen LogP contribution in [0.1, 0.15) is 17.3 Å². The van der Waals surface area contributed by atoms with Crippen molar-refractivity contribution >= 4 is 17.4 Å². The van der Waals surface area contributed by atoms with Crippen LogP contribution in [0.5, 0.6) is 0 Å². The molecule has 2 aromatic heterocycles. The highest BCUT2D eigenvalue weighted by molar-refractivity contribution is 6.01. The summed E-state index contributed by atoms with van der Waals surface area (Å²) in [5, 5.41) is 13.3. The van der Waals surface area contributed by atoms with Gasteiger partial charge in [0.25, 0.3) is 5.91 Å². The molecule has 20 heavy (non-hydrogen) atoms. The summed E-state index contributed by atoms with van der Waals surface area (Å²) < 4.78 is 1.64. The van der Waals surface area contributed by atoms with Crippen molar-refractivity contribution in [1.82, 2.24) is 14.5 Å². The van der Waals surface area contributed by atoms with Gasteiger partial charge in [-0.2, -0.15) is 5.10 Å². The van der Waals surface area contributed by atoms with Crippen LogP contribution in [0.4, 0.5) is 0 Å². The lowest BCUT2D eigenvalue weighted by molar-refractivity contribution is -0.142. The van der Waals surface area contributed by atoms with E-state index in [1.54, 1.807) is 15.6 Å². The molecule has 1 fully saturated rings. The first-order valence-electron chi connectivity index (χ1n) is 6.52. The van der Waals surface area contributed by atoms with Crippen LogP contribution < -0.4 is 0 Å². The second kappa shape index (κ2) is 4.63. The van der Waals surface area contributed by atoms with Crippen molar-refractivity contribution in [2.24, 2.45) is 11.8 Å². The number of aromatic nitrogens is 2. The van der Waals surface area contributed by atoms with Gasteiger partial charge in [-0.25, -0.2) is 4.52 Å². The minimum atomic E-state index is -0.840. The van der Waals surface area contributed by atoms with Crippen LogP contribution in [0.15, 0.2) is 30.6 Å². The first-order chi connectivity index (χ1) is 9.58. The number of carboxylic acids is 1. The Labute approximate surface area is 115 Å². The largest absolute Gasteiger partial charge is 0.481 e. The normalized spacial score (nSPS) is 22.4. The molecule has 2 aromatic rings. The summed E-state index contributed by atoms with van der Waals surface area (Å²) in [7, 11) is 0. The Morgan fingerprint density at radius 2 is 2.15 bits per heavy atom. The number of pyridine rings is 1. The molecule has 1 saturated heterocycles. The van der Waals surface area contributed by atoms with E-state index in [9.17, 15) is 9.59 Å². The Hall–Kier alpha value is -2.37. The van der Waals surface area contributed by atoms with Gasteiger partial charge in [0, 0.05) is 19.3 Å².